The summed E-state index contributed by atoms with van der Waals surface area (Å²) in [5, 5.41) is 7.89. The highest BCUT2D eigenvalue weighted by molar-refractivity contribution is 5.79. The van der Waals surface area contributed by atoms with Crippen LogP contribution in [0.25, 0.3) is 0 Å². The normalized spacial score (nSPS) is 23.1. The Morgan fingerprint density at radius 3 is 2.92 bits per heavy atom. The molecule has 126 valence electrons. The molecule has 0 radical (unpaired) electrons. The molecule has 2 aliphatic rings. The lowest BCUT2D eigenvalue weighted by Gasteiger charge is -2.38. The van der Waals surface area contributed by atoms with Crippen LogP contribution < -0.4 is 10.1 Å². The number of anilines is 1. The summed E-state index contributed by atoms with van der Waals surface area (Å²) in [5.74, 6) is 1.08. The number of ether oxygens (including phenoxy) is 1. The van der Waals surface area contributed by atoms with Crippen LogP contribution in [0, 0.1) is 0 Å². The van der Waals surface area contributed by atoms with Crippen molar-refractivity contribution in [2.45, 2.75) is 31.3 Å². The number of aryl methyl sites for hydroxylation is 1. The molecule has 2 atom stereocenters. The van der Waals surface area contributed by atoms with E-state index in [0.29, 0.717) is 6.42 Å². The zero-order valence-electron chi connectivity index (χ0n) is 14.0. The number of hydrogen-bond acceptors (Lipinski definition) is 4. The summed E-state index contributed by atoms with van der Waals surface area (Å²) in [6.45, 7) is 0.833. The molecule has 1 aromatic heterocycles. The molecule has 1 aromatic carbocycles. The zero-order valence-corrected chi connectivity index (χ0v) is 14.0. The SMILES string of the molecule is COc1ccc2c(c1)[C@H](N1CCCC1=O)C[C@@H](c1cnn(C)c1)N2. The van der Waals surface area contributed by atoms with E-state index in [1.165, 1.54) is 0 Å². The topological polar surface area (TPSA) is 59.4 Å². The Labute approximate surface area is 141 Å². The van der Waals surface area contributed by atoms with Crippen LogP contribution in [0.2, 0.25) is 0 Å². The Kier molecular flexibility index (Phi) is 3.67. The van der Waals surface area contributed by atoms with Gasteiger partial charge in [0.1, 0.15) is 5.75 Å². The van der Waals surface area contributed by atoms with Crippen molar-refractivity contribution in [3.05, 3.63) is 41.7 Å². The van der Waals surface area contributed by atoms with E-state index >= 15 is 0 Å². The van der Waals surface area contributed by atoms with Gasteiger partial charge in [-0.1, -0.05) is 0 Å². The third-order valence-electron chi connectivity index (χ3n) is 5.02. The fraction of sp³-hybridized carbons (Fsp3) is 0.444. The van der Waals surface area contributed by atoms with Crippen LogP contribution >= 0.6 is 0 Å². The highest BCUT2D eigenvalue weighted by Gasteiger charge is 2.36. The standard InChI is InChI=1S/C18H22N4O2/c1-21-11-12(10-19-21)16-9-17(22-7-3-4-18(22)23)14-8-13(24-2)5-6-15(14)20-16/h5-6,8,10-11,16-17,20H,3-4,7,9H2,1-2H3/t16-,17+/m0/s1. The number of hydrogen-bond donors (Lipinski definition) is 1. The maximum atomic E-state index is 12.3. The lowest BCUT2D eigenvalue weighted by Crippen LogP contribution is -2.35. The monoisotopic (exact) mass is 326 g/mol. The number of aromatic nitrogens is 2. The summed E-state index contributed by atoms with van der Waals surface area (Å²) >= 11 is 0. The lowest BCUT2D eigenvalue weighted by atomic mass is 9.89. The molecule has 2 aliphatic heterocycles. The van der Waals surface area contributed by atoms with Crippen LogP contribution in [-0.2, 0) is 11.8 Å². The molecule has 3 heterocycles. The number of benzene rings is 1. The van der Waals surface area contributed by atoms with Crippen LogP contribution in [0.1, 0.15) is 42.5 Å². The maximum absolute atomic E-state index is 12.3. The molecular formula is C18H22N4O2. The minimum atomic E-state index is 0.0801. The average molecular weight is 326 g/mol. The first-order valence-electron chi connectivity index (χ1n) is 8.38. The molecule has 0 spiro atoms. The third kappa shape index (κ3) is 2.52. The molecule has 1 amide bonds. The van der Waals surface area contributed by atoms with E-state index < -0.39 is 0 Å². The molecular weight excluding hydrogens is 304 g/mol. The molecule has 2 aromatic rings. The second kappa shape index (κ2) is 5.85. The van der Waals surface area contributed by atoms with E-state index in [9.17, 15) is 4.79 Å². The molecule has 0 bridgehead atoms. The Bertz CT molecular complexity index is 770. The summed E-state index contributed by atoms with van der Waals surface area (Å²) in [4.78, 5) is 14.4. The van der Waals surface area contributed by atoms with Crippen molar-refractivity contribution in [1.29, 1.82) is 0 Å². The summed E-state index contributed by atoms with van der Waals surface area (Å²) < 4.78 is 7.20. The first-order valence-corrected chi connectivity index (χ1v) is 8.38. The minimum Gasteiger partial charge on any atom is -0.497 e. The Morgan fingerprint density at radius 1 is 1.38 bits per heavy atom. The van der Waals surface area contributed by atoms with E-state index in [2.05, 4.69) is 16.5 Å². The minimum absolute atomic E-state index is 0.0801. The first-order chi connectivity index (χ1) is 11.7. The van der Waals surface area contributed by atoms with Gasteiger partial charge in [0.15, 0.2) is 0 Å². The fourth-order valence-corrected chi connectivity index (χ4v) is 3.80. The number of likely N-dealkylation sites (tertiary alicyclic amines) is 1. The van der Waals surface area contributed by atoms with Crippen molar-refractivity contribution in [3.8, 4) is 5.75 Å². The van der Waals surface area contributed by atoms with E-state index in [0.717, 1.165) is 42.0 Å². The van der Waals surface area contributed by atoms with Crippen LogP contribution in [-0.4, -0.2) is 34.2 Å². The van der Waals surface area contributed by atoms with Gasteiger partial charge in [-0.3, -0.25) is 9.48 Å². The van der Waals surface area contributed by atoms with Crippen LogP contribution in [0.4, 0.5) is 5.69 Å². The number of nitrogens with zero attached hydrogens (tertiary/aromatic N) is 3. The number of carbonyl (C=O) groups is 1. The molecule has 1 fully saturated rings. The highest BCUT2D eigenvalue weighted by atomic mass is 16.5. The molecule has 6 heteroatoms. The van der Waals surface area contributed by atoms with Crippen molar-refractivity contribution in [2.75, 3.05) is 19.0 Å². The molecule has 0 saturated carbocycles. The predicted octanol–water partition coefficient (Wildman–Crippen LogP) is 2.65. The molecule has 6 nitrogen and oxygen atoms in total. The summed E-state index contributed by atoms with van der Waals surface area (Å²) in [6, 6.07) is 6.29. The quantitative estimate of drug-likeness (QED) is 0.942. The maximum Gasteiger partial charge on any atom is 0.223 e. The van der Waals surface area contributed by atoms with Gasteiger partial charge in [0.2, 0.25) is 5.91 Å². The van der Waals surface area contributed by atoms with Gasteiger partial charge in [0.25, 0.3) is 0 Å². The van der Waals surface area contributed by atoms with Crippen molar-refractivity contribution in [3.63, 3.8) is 0 Å². The zero-order chi connectivity index (χ0) is 16.7. The number of rotatable bonds is 3. The lowest BCUT2D eigenvalue weighted by molar-refractivity contribution is -0.130. The molecule has 24 heavy (non-hydrogen) atoms. The van der Waals surface area contributed by atoms with Gasteiger partial charge in [0, 0.05) is 43.0 Å². The Balaban J connectivity index is 1.74. The molecule has 1 saturated heterocycles. The van der Waals surface area contributed by atoms with Gasteiger partial charge < -0.3 is 15.0 Å². The summed E-state index contributed by atoms with van der Waals surface area (Å²) in [6.07, 6.45) is 6.38. The third-order valence-corrected chi connectivity index (χ3v) is 5.02. The number of amides is 1. The largest absolute Gasteiger partial charge is 0.497 e. The number of nitrogens with one attached hydrogen (secondary N) is 1. The molecule has 0 aliphatic carbocycles. The second-order valence-electron chi connectivity index (χ2n) is 6.54. The fourth-order valence-electron chi connectivity index (χ4n) is 3.80. The molecule has 1 N–H and O–H groups in total. The van der Waals surface area contributed by atoms with Gasteiger partial charge in [-0.25, -0.2) is 0 Å². The molecule has 0 unspecified atom stereocenters. The Hall–Kier alpha value is -2.50. The smallest absolute Gasteiger partial charge is 0.223 e. The van der Waals surface area contributed by atoms with E-state index in [-0.39, 0.29) is 18.0 Å². The van der Waals surface area contributed by atoms with E-state index in [1.54, 1.807) is 7.11 Å². The summed E-state index contributed by atoms with van der Waals surface area (Å²) in [5.41, 5.74) is 3.36. The predicted molar refractivity (Wildman–Crippen MR) is 90.9 cm³/mol. The Morgan fingerprint density at radius 2 is 2.25 bits per heavy atom. The van der Waals surface area contributed by atoms with Crippen LogP contribution in [0.5, 0.6) is 5.75 Å². The van der Waals surface area contributed by atoms with Gasteiger partial charge in [-0.2, -0.15) is 5.10 Å². The van der Waals surface area contributed by atoms with Crippen molar-refractivity contribution < 1.29 is 9.53 Å². The van der Waals surface area contributed by atoms with E-state index in [4.69, 9.17) is 4.74 Å². The van der Waals surface area contributed by atoms with Gasteiger partial charge in [-0.05, 0) is 31.0 Å². The number of carbonyl (C=O) groups excluding carboxylic acids is 1. The van der Waals surface area contributed by atoms with Crippen LogP contribution in [0.15, 0.2) is 30.6 Å². The second-order valence-corrected chi connectivity index (χ2v) is 6.54. The van der Waals surface area contributed by atoms with Gasteiger partial charge in [-0.15, -0.1) is 0 Å². The number of fused-ring (bicyclic) bond motifs is 1. The summed E-state index contributed by atoms with van der Waals surface area (Å²) in [7, 11) is 3.60. The van der Waals surface area contributed by atoms with Gasteiger partial charge >= 0.3 is 0 Å². The average Bonchev–Trinajstić information content (AvgIpc) is 3.21. The van der Waals surface area contributed by atoms with Gasteiger partial charge in [0.05, 0.1) is 25.4 Å². The first kappa shape index (κ1) is 15.1. The van der Waals surface area contributed by atoms with Crippen molar-refractivity contribution >= 4 is 11.6 Å². The van der Waals surface area contributed by atoms with Crippen molar-refractivity contribution in [1.82, 2.24) is 14.7 Å². The molecule has 4 rings (SSSR count). The number of methoxy groups -OCH3 is 1. The highest BCUT2D eigenvalue weighted by Crippen LogP contribution is 2.44. The van der Waals surface area contributed by atoms with E-state index in [1.807, 2.05) is 41.2 Å². The van der Waals surface area contributed by atoms with Crippen molar-refractivity contribution in [2.24, 2.45) is 7.05 Å². The van der Waals surface area contributed by atoms with Crippen LogP contribution in [0.3, 0.4) is 0 Å².